The van der Waals surface area contributed by atoms with Gasteiger partial charge < -0.3 is 0 Å². The second-order valence-electron chi connectivity index (χ2n) is 5.78. The van der Waals surface area contributed by atoms with Gasteiger partial charge in [-0.3, -0.25) is 0 Å². The van der Waals surface area contributed by atoms with Crippen molar-refractivity contribution >= 4 is 32.2 Å². The van der Waals surface area contributed by atoms with Gasteiger partial charge >= 0.3 is 139 Å². The van der Waals surface area contributed by atoms with E-state index in [1.165, 1.54) is 0 Å². The predicted octanol–water partition coefficient (Wildman–Crippen LogP) is 0.762. The molecule has 0 aliphatic carbocycles. The molecule has 0 saturated carbocycles. The first-order chi connectivity index (χ1) is 10.2. The van der Waals surface area contributed by atoms with Gasteiger partial charge in [-0.1, -0.05) is 0 Å². The molecule has 0 aromatic heterocycles. The molecule has 6 nitrogen and oxygen atoms in total. The van der Waals surface area contributed by atoms with Crippen molar-refractivity contribution in [1.29, 1.82) is 0 Å². The van der Waals surface area contributed by atoms with Crippen molar-refractivity contribution in [1.82, 2.24) is 10.6 Å². The molecule has 0 aromatic carbocycles. The Balaban J connectivity index is 4.83. The van der Waals surface area contributed by atoms with E-state index in [-0.39, 0.29) is 22.4 Å². The van der Waals surface area contributed by atoms with Crippen LogP contribution in [0.3, 0.4) is 0 Å². The third-order valence-corrected chi connectivity index (χ3v) is 6.64. The number of hydrogen-bond donors (Lipinski definition) is 3. The van der Waals surface area contributed by atoms with Crippen LogP contribution in [0.25, 0.3) is 0 Å². The summed E-state index contributed by atoms with van der Waals surface area (Å²) in [6.07, 6.45) is 2.26. The molecule has 7 heteroatoms. The van der Waals surface area contributed by atoms with Crippen LogP contribution in [-0.4, -0.2) is 56.4 Å². The number of hydrogen-bond acceptors (Lipinski definition) is 4. The number of aliphatic carboxylic acids is 1. The molecule has 4 unspecified atom stereocenters. The molecule has 1 amide bonds. The van der Waals surface area contributed by atoms with Gasteiger partial charge in [0.2, 0.25) is 0 Å². The van der Waals surface area contributed by atoms with Gasteiger partial charge in [0.15, 0.2) is 0 Å². The number of carbonyl (C=O) groups excluding carboxylic acids is 2. The second kappa shape index (κ2) is 10.8. The Bertz CT molecular complexity index is 388. The molecule has 4 atom stereocenters. The first-order valence-corrected chi connectivity index (χ1v) is 10.0. The third-order valence-electron chi connectivity index (χ3n) is 3.53. The van der Waals surface area contributed by atoms with Gasteiger partial charge in [-0.15, -0.1) is 0 Å². The monoisotopic (exact) mass is 376 g/mol. The fourth-order valence-electron chi connectivity index (χ4n) is 1.87. The van der Waals surface area contributed by atoms with Gasteiger partial charge in [-0.25, -0.2) is 0 Å². The van der Waals surface area contributed by atoms with Crippen molar-refractivity contribution < 1.29 is 19.5 Å². The molecule has 128 valence electrons. The normalized spacial score (nSPS) is 15.7. The van der Waals surface area contributed by atoms with Crippen LogP contribution in [0.4, 0.5) is 0 Å². The zero-order valence-corrected chi connectivity index (χ0v) is 16.2. The molecule has 0 fully saturated rings. The van der Waals surface area contributed by atoms with Crippen LogP contribution >= 0.6 is 0 Å². The van der Waals surface area contributed by atoms with E-state index < -0.39 is 32.5 Å². The van der Waals surface area contributed by atoms with Crippen LogP contribution in [0.2, 0.25) is 4.71 Å². The zero-order chi connectivity index (χ0) is 17.3. The van der Waals surface area contributed by atoms with E-state index in [0.29, 0.717) is 6.42 Å². The van der Waals surface area contributed by atoms with E-state index in [4.69, 9.17) is 0 Å². The van der Waals surface area contributed by atoms with Gasteiger partial charge in [-0.2, -0.15) is 0 Å². The summed E-state index contributed by atoms with van der Waals surface area (Å²) in [5.74, 6) is -1.18. The van der Waals surface area contributed by atoms with Crippen LogP contribution in [-0.2, 0) is 14.4 Å². The summed E-state index contributed by atoms with van der Waals surface area (Å²) in [5.41, 5.74) is 0. The SMILES string of the molecule is CCCCC([AsH]C(=O)C(NC(=O)C(C)NC)C(C)C)C(=O)O. The second-order valence-corrected chi connectivity index (χ2v) is 8.88. The Hall–Kier alpha value is -0.872. The first kappa shape index (κ1) is 21.1. The Morgan fingerprint density at radius 1 is 1.18 bits per heavy atom. The quantitative estimate of drug-likeness (QED) is 0.463. The summed E-state index contributed by atoms with van der Waals surface area (Å²) in [4.78, 5) is 35.7. The van der Waals surface area contributed by atoms with Crippen molar-refractivity contribution in [2.45, 2.75) is 63.7 Å². The molecular formula is C15H29AsN2O4. The number of carboxylic acid groups (broad SMARTS) is 1. The van der Waals surface area contributed by atoms with Crippen molar-refractivity contribution in [2.75, 3.05) is 7.05 Å². The fraction of sp³-hybridized carbons (Fsp3) is 0.800. The maximum absolute atomic E-state index is 12.5. The Kier molecular flexibility index (Phi) is 10.4. The zero-order valence-electron chi connectivity index (χ0n) is 14.1. The van der Waals surface area contributed by atoms with E-state index >= 15 is 0 Å². The predicted molar refractivity (Wildman–Crippen MR) is 88.4 cm³/mol. The van der Waals surface area contributed by atoms with Crippen LogP contribution in [0.15, 0.2) is 0 Å². The summed E-state index contributed by atoms with van der Waals surface area (Å²) in [7, 11) is 1.68. The first-order valence-electron chi connectivity index (χ1n) is 7.75. The van der Waals surface area contributed by atoms with Crippen molar-refractivity contribution in [2.24, 2.45) is 5.92 Å². The Morgan fingerprint density at radius 3 is 2.18 bits per heavy atom. The van der Waals surface area contributed by atoms with Gasteiger partial charge in [0.25, 0.3) is 0 Å². The third kappa shape index (κ3) is 7.41. The van der Waals surface area contributed by atoms with E-state index in [1.54, 1.807) is 14.0 Å². The summed E-state index contributed by atoms with van der Waals surface area (Å²) in [5, 5.41) is 14.8. The summed E-state index contributed by atoms with van der Waals surface area (Å²) < 4.78 is -0.637. The molecule has 0 rings (SSSR count). The van der Waals surface area contributed by atoms with E-state index in [1.807, 2.05) is 20.8 Å². The van der Waals surface area contributed by atoms with E-state index in [0.717, 1.165) is 12.8 Å². The van der Waals surface area contributed by atoms with Crippen molar-refractivity contribution in [3.63, 3.8) is 0 Å². The number of likely N-dealkylation sites (N-methyl/N-ethyl adjacent to an activating group) is 1. The molecule has 0 heterocycles. The fourth-order valence-corrected chi connectivity index (χ4v) is 4.81. The van der Waals surface area contributed by atoms with E-state index in [9.17, 15) is 19.5 Å². The van der Waals surface area contributed by atoms with Crippen molar-refractivity contribution in [3.05, 3.63) is 0 Å². The Labute approximate surface area is 139 Å². The minimum atomic E-state index is -1.31. The maximum atomic E-state index is 12.5. The summed E-state index contributed by atoms with van der Waals surface area (Å²) >= 11 is -1.31. The molecule has 0 spiro atoms. The molecular weight excluding hydrogens is 347 g/mol. The number of carboxylic acids is 1. The standard InChI is InChI=1S/C15H29AsN2O4/c1-6-7-8-11(15(21)22)16-13(19)12(9(2)3)18-14(20)10(4)17-5/h9-12,16-17H,6-8H2,1-5H3,(H,18,20)(H,21,22). The van der Waals surface area contributed by atoms with Gasteiger partial charge in [0.1, 0.15) is 0 Å². The molecule has 3 N–H and O–H groups in total. The average Bonchev–Trinajstić information content (AvgIpc) is 2.46. The summed E-state index contributed by atoms with van der Waals surface area (Å²) in [6, 6.07) is -0.976. The average molecular weight is 376 g/mol. The topological polar surface area (TPSA) is 95.5 Å². The molecule has 0 saturated heterocycles. The minimum absolute atomic E-state index is 0.0510. The number of nitrogens with one attached hydrogen (secondary N) is 2. The van der Waals surface area contributed by atoms with Crippen molar-refractivity contribution in [3.8, 4) is 0 Å². The number of rotatable bonds is 11. The number of unbranched alkanes of at least 4 members (excludes halogenated alkanes) is 1. The molecule has 22 heavy (non-hydrogen) atoms. The van der Waals surface area contributed by atoms with Crippen LogP contribution in [0, 0.1) is 5.92 Å². The van der Waals surface area contributed by atoms with Crippen LogP contribution in [0.5, 0.6) is 0 Å². The van der Waals surface area contributed by atoms with Gasteiger partial charge in [-0.05, 0) is 0 Å². The summed E-state index contributed by atoms with van der Waals surface area (Å²) in [6.45, 7) is 7.44. The Morgan fingerprint density at radius 2 is 1.77 bits per heavy atom. The molecule has 0 aromatic rings. The number of carbonyl (C=O) groups is 3. The van der Waals surface area contributed by atoms with Gasteiger partial charge in [0.05, 0.1) is 0 Å². The van der Waals surface area contributed by atoms with Crippen LogP contribution < -0.4 is 10.6 Å². The molecule has 0 aliphatic heterocycles. The molecule has 0 radical (unpaired) electrons. The number of amides is 1. The molecule has 0 aliphatic rings. The molecule has 0 bridgehead atoms. The van der Waals surface area contributed by atoms with Gasteiger partial charge in [0, 0.05) is 0 Å². The van der Waals surface area contributed by atoms with Crippen LogP contribution in [0.1, 0.15) is 47.0 Å². The van der Waals surface area contributed by atoms with E-state index in [2.05, 4.69) is 10.6 Å².